The van der Waals surface area contributed by atoms with Gasteiger partial charge in [-0.3, -0.25) is 0 Å². The average molecular weight is 314 g/mol. The molecule has 0 bridgehead atoms. The van der Waals surface area contributed by atoms with Crippen LogP contribution in [-0.2, 0) is 13.6 Å². The number of benzene rings is 1. The van der Waals surface area contributed by atoms with E-state index < -0.39 is 0 Å². The van der Waals surface area contributed by atoms with Crippen LogP contribution in [0.3, 0.4) is 0 Å². The van der Waals surface area contributed by atoms with Gasteiger partial charge in [0.05, 0.1) is 19.6 Å². The van der Waals surface area contributed by atoms with Gasteiger partial charge in [-0.05, 0) is 48.6 Å². The highest BCUT2D eigenvalue weighted by atomic mass is 16.2. The van der Waals surface area contributed by atoms with Gasteiger partial charge >= 0.3 is 6.03 Å². The molecule has 3 rings (SSSR count). The smallest absolute Gasteiger partial charge is 0.318 e. The molecule has 0 spiro atoms. The van der Waals surface area contributed by atoms with Crippen LogP contribution in [0.2, 0.25) is 0 Å². The predicted molar refractivity (Wildman–Crippen MR) is 85.6 cm³/mol. The maximum Gasteiger partial charge on any atom is 0.318 e. The highest BCUT2D eigenvalue weighted by Gasteiger charge is 2.31. The van der Waals surface area contributed by atoms with E-state index in [-0.39, 0.29) is 12.1 Å². The Bertz CT molecular complexity index is 690. The molecule has 1 aliphatic heterocycles. The number of nitrogens with one attached hydrogen (secondary N) is 1. The highest BCUT2D eigenvalue weighted by molar-refractivity contribution is 5.75. The highest BCUT2D eigenvalue weighted by Crippen LogP contribution is 2.35. The number of tetrazole rings is 1. The SMILES string of the molecule is Cc1cccc(C)c1[C@@H]1CCCN1C(=O)NCc1nnn(C)n1. The number of urea groups is 1. The molecule has 122 valence electrons. The van der Waals surface area contributed by atoms with E-state index in [0.717, 1.165) is 19.4 Å². The maximum absolute atomic E-state index is 12.6. The van der Waals surface area contributed by atoms with Crippen molar-refractivity contribution in [2.75, 3.05) is 6.54 Å². The molecule has 0 saturated carbocycles. The first-order valence-corrected chi connectivity index (χ1v) is 7.89. The van der Waals surface area contributed by atoms with Crippen molar-refractivity contribution in [2.45, 2.75) is 39.3 Å². The van der Waals surface area contributed by atoms with E-state index in [2.05, 4.69) is 52.8 Å². The zero-order valence-corrected chi connectivity index (χ0v) is 13.8. The summed E-state index contributed by atoms with van der Waals surface area (Å²) in [6, 6.07) is 6.36. The topological polar surface area (TPSA) is 75.9 Å². The maximum atomic E-state index is 12.6. The Morgan fingerprint density at radius 2 is 2.09 bits per heavy atom. The number of carbonyl (C=O) groups is 1. The van der Waals surface area contributed by atoms with Gasteiger partial charge in [-0.2, -0.15) is 4.80 Å². The third-order valence-corrected chi connectivity index (χ3v) is 4.34. The lowest BCUT2D eigenvalue weighted by atomic mass is 9.95. The average Bonchev–Trinajstić information content (AvgIpc) is 3.14. The van der Waals surface area contributed by atoms with Gasteiger partial charge in [-0.15, -0.1) is 10.2 Å². The lowest BCUT2D eigenvalue weighted by molar-refractivity contribution is 0.192. The largest absolute Gasteiger partial charge is 0.331 e. The quantitative estimate of drug-likeness (QED) is 0.938. The van der Waals surface area contributed by atoms with Crippen molar-refractivity contribution in [3.8, 4) is 0 Å². The van der Waals surface area contributed by atoms with E-state index in [9.17, 15) is 4.79 Å². The Morgan fingerprint density at radius 1 is 1.35 bits per heavy atom. The Kier molecular flexibility index (Phi) is 4.27. The number of rotatable bonds is 3. The number of likely N-dealkylation sites (tertiary alicyclic amines) is 1. The van der Waals surface area contributed by atoms with Gasteiger partial charge in [0.1, 0.15) is 0 Å². The number of aromatic nitrogens is 4. The van der Waals surface area contributed by atoms with Gasteiger partial charge in [-0.25, -0.2) is 4.79 Å². The summed E-state index contributed by atoms with van der Waals surface area (Å²) in [7, 11) is 1.70. The van der Waals surface area contributed by atoms with Crippen LogP contribution >= 0.6 is 0 Å². The minimum atomic E-state index is -0.0670. The van der Waals surface area contributed by atoms with E-state index in [0.29, 0.717) is 12.4 Å². The molecule has 1 aromatic carbocycles. The Hall–Kier alpha value is -2.44. The molecule has 23 heavy (non-hydrogen) atoms. The van der Waals surface area contributed by atoms with Crippen LogP contribution in [-0.4, -0.2) is 37.7 Å². The minimum absolute atomic E-state index is 0.0670. The molecule has 7 heteroatoms. The summed E-state index contributed by atoms with van der Waals surface area (Å²) < 4.78 is 0. The number of hydrogen-bond donors (Lipinski definition) is 1. The number of hydrogen-bond acceptors (Lipinski definition) is 4. The summed E-state index contributed by atoms with van der Waals surface area (Å²) in [6.07, 6.45) is 2.03. The summed E-state index contributed by atoms with van der Waals surface area (Å²) in [4.78, 5) is 15.9. The van der Waals surface area contributed by atoms with Crippen LogP contribution in [0.4, 0.5) is 4.79 Å². The summed E-state index contributed by atoms with van der Waals surface area (Å²) in [6.45, 7) is 5.29. The van der Waals surface area contributed by atoms with Crippen LogP contribution in [0.25, 0.3) is 0 Å². The zero-order chi connectivity index (χ0) is 16.4. The summed E-state index contributed by atoms with van der Waals surface area (Å²) >= 11 is 0. The van der Waals surface area contributed by atoms with Crippen LogP contribution in [0.15, 0.2) is 18.2 Å². The second-order valence-electron chi connectivity index (χ2n) is 6.01. The second-order valence-corrected chi connectivity index (χ2v) is 6.01. The van der Waals surface area contributed by atoms with E-state index in [4.69, 9.17) is 0 Å². The molecule has 1 atom stereocenters. The van der Waals surface area contributed by atoms with Crippen molar-refractivity contribution in [3.05, 3.63) is 40.7 Å². The summed E-state index contributed by atoms with van der Waals surface area (Å²) in [5, 5.41) is 14.6. The molecule has 0 aliphatic carbocycles. The van der Waals surface area contributed by atoms with Crippen LogP contribution in [0.1, 0.15) is 41.4 Å². The molecule has 0 radical (unpaired) electrons. The first-order chi connectivity index (χ1) is 11.1. The van der Waals surface area contributed by atoms with Crippen LogP contribution < -0.4 is 5.32 Å². The fraction of sp³-hybridized carbons (Fsp3) is 0.500. The van der Waals surface area contributed by atoms with Crippen molar-refractivity contribution in [1.82, 2.24) is 30.4 Å². The third-order valence-electron chi connectivity index (χ3n) is 4.34. The molecular formula is C16H22N6O. The van der Waals surface area contributed by atoms with Gasteiger partial charge in [0.15, 0.2) is 5.82 Å². The molecule has 1 saturated heterocycles. The molecule has 7 nitrogen and oxygen atoms in total. The molecule has 1 N–H and O–H groups in total. The molecule has 2 aromatic rings. The molecule has 0 unspecified atom stereocenters. The molecule has 1 aromatic heterocycles. The normalized spacial score (nSPS) is 17.5. The fourth-order valence-corrected chi connectivity index (χ4v) is 3.31. The monoisotopic (exact) mass is 314 g/mol. The van der Waals surface area contributed by atoms with Crippen LogP contribution in [0, 0.1) is 13.8 Å². The summed E-state index contributed by atoms with van der Waals surface area (Å²) in [5.41, 5.74) is 3.76. The van der Waals surface area contributed by atoms with E-state index >= 15 is 0 Å². The molecule has 1 aliphatic rings. The Morgan fingerprint density at radius 3 is 2.74 bits per heavy atom. The van der Waals surface area contributed by atoms with Crippen molar-refractivity contribution in [3.63, 3.8) is 0 Å². The molecule has 1 fully saturated rings. The first kappa shape index (κ1) is 15.5. The van der Waals surface area contributed by atoms with Crippen molar-refractivity contribution in [1.29, 1.82) is 0 Å². The molecular weight excluding hydrogens is 292 g/mol. The van der Waals surface area contributed by atoms with Crippen LogP contribution in [0.5, 0.6) is 0 Å². The zero-order valence-electron chi connectivity index (χ0n) is 13.8. The Labute approximate surface area is 135 Å². The van der Waals surface area contributed by atoms with Gasteiger partial charge in [-0.1, -0.05) is 18.2 Å². The number of nitrogens with zero attached hydrogens (tertiary/aromatic N) is 5. The molecule has 2 heterocycles. The number of amides is 2. The fourth-order valence-electron chi connectivity index (χ4n) is 3.31. The van der Waals surface area contributed by atoms with E-state index in [1.54, 1.807) is 7.05 Å². The first-order valence-electron chi connectivity index (χ1n) is 7.89. The van der Waals surface area contributed by atoms with Crippen molar-refractivity contribution < 1.29 is 4.79 Å². The van der Waals surface area contributed by atoms with Crippen molar-refractivity contribution in [2.24, 2.45) is 7.05 Å². The van der Waals surface area contributed by atoms with E-state index in [1.807, 2.05) is 4.90 Å². The molecule has 2 amide bonds. The minimum Gasteiger partial charge on any atom is -0.331 e. The Balaban J connectivity index is 1.72. The van der Waals surface area contributed by atoms with Gasteiger partial charge < -0.3 is 10.2 Å². The number of aryl methyl sites for hydroxylation is 3. The lowest BCUT2D eigenvalue weighted by Crippen LogP contribution is -2.39. The van der Waals surface area contributed by atoms with Gasteiger partial charge in [0.25, 0.3) is 0 Å². The summed E-state index contributed by atoms with van der Waals surface area (Å²) in [5.74, 6) is 0.517. The van der Waals surface area contributed by atoms with Gasteiger partial charge in [0.2, 0.25) is 0 Å². The predicted octanol–water partition coefficient (Wildman–Crippen LogP) is 1.87. The lowest BCUT2D eigenvalue weighted by Gasteiger charge is -2.27. The number of carbonyl (C=O) groups excluding carboxylic acids is 1. The third kappa shape index (κ3) is 3.18. The van der Waals surface area contributed by atoms with Crippen molar-refractivity contribution >= 4 is 6.03 Å². The standard InChI is InChI=1S/C16H22N6O/c1-11-6-4-7-12(2)15(11)13-8-5-9-22(13)16(23)17-10-14-18-20-21(3)19-14/h4,6-7,13H,5,8-10H2,1-3H3,(H,17,23)/t13-/m0/s1. The second kappa shape index (κ2) is 6.36. The van der Waals surface area contributed by atoms with Gasteiger partial charge in [0, 0.05) is 6.54 Å². The van der Waals surface area contributed by atoms with E-state index in [1.165, 1.54) is 21.5 Å².